The fourth-order valence-corrected chi connectivity index (χ4v) is 3.37. The summed E-state index contributed by atoms with van der Waals surface area (Å²) in [7, 11) is -3.48. The van der Waals surface area contributed by atoms with E-state index in [1.807, 2.05) is 0 Å². The van der Waals surface area contributed by atoms with Gasteiger partial charge < -0.3 is 5.73 Å². The van der Waals surface area contributed by atoms with Gasteiger partial charge >= 0.3 is 0 Å². The standard InChI is InChI=1S/C13H18N2O2S2/c1-9-2-5-11(13(14)18)8-12(9)19(16,17)15-7-6-10-3-4-10/h2,5,8,10,15H,3-4,6-7H2,1H3,(H2,14,18). The zero-order valence-corrected chi connectivity index (χ0v) is 12.5. The van der Waals surface area contributed by atoms with Crippen LogP contribution in [0.5, 0.6) is 0 Å². The molecular formula is C13H18N2O2S2. The summed E-state index contributed by atoms with van der Waals surface area (Å²) in [5.74, 6) is 0.701. The number of nitrogens with one attached hydrogen (secondary N) is 1. The van der Waals surface area contributed by atoms with Gasteiger partial charge in [0.15, 0.2) is 0 Å². The van der Waals surface area contributed by atoms with Gasteiger partial charge in [-0.2, -0.15) is 0 Å². The van der Waals surface area contributed by atoms with E-state index in [1.165, 1.54) is 18.9 Å². The van der Waals surface area contributed by atoms with Crippen LogP contribution in [-0.4, -0.2) is 20.0 Å². The molecular weight excluding hydrogens is 280 g/mol. The summed E-state index contributed by atoms with van der Waals surface area (Å²) in [4.78, 5) is 0.461. The number of thiocarbonyl (C=S) groups is 1. The Morgan fingerprint density at radius 1 is 1.47 bits per heavy atom. The van der Waals surface area contributed by atoms with Crippen molar-refractivity contribution in [1.82, 2.24) is 4.72 Å². The summed E-state index contributed by atoms with van der Waals surface area (Å²) in [6.07, 6.45) is 3.35. The largest absolute Gasteiger partial charge is 0.389 e. The van der Waals surface area contributed by atoms with E-state index in [2.05, 4.69) is 4.72 Å². The lowest BCUT2D eigenvalue weighted by molar-refractivity contribution is 0.574. The normalized spacial score (nSPS) is 15.4. The molecule has 0 aliphatic heterocycles. The predicted molar refractivity (Wildman–Crippen MR) is 79.6 cm³/mol. The first-order valence-corrected chi connectivity index (χ1v) is 8.19. The Morgan fingerprint density at radius 2 is 2.16 bits per heavy atom. The molecule has 0 aromatic heterocycles. The van der Waals surface area contributed by atoms with E-state index >= 15 is 0 Å². The van der Waals surface area contributed by atoms with Gasteiger partial charge in [-0.3, -0.25) is 0 Å². The minimum absolute atomic E-state index is 0.203. The van der Waals surface area contributed by atoms with Crippen LogP contribution in [0.3, 0.4) is 0 Å². The third-order valence-corrected chi connectivity index (χ3v) is 5.14. The van der Waals surface area contributed by atoms with Crippen LogP contribution in [-0.2, 0) is 10.0 Å². The Bertz CT molecular complexity index is 593. The van der Waals surface area contributed by atoms with Gasteiger partial charge in [-0.25, -0.2) is 13.1 Å². The van der Waals surface area contributed by atoms with Crippen LogP contribution >= 0.6 is 12.2 Å². The molecule has 0 heterocycles. The molecule has 1 fully saturated rings. The molecule has 19 heavy (non-hydrogen) atoms. The number of hydrogen-bond donors (Lipinski definition) is 2. The van der Waals surface area contributed by atoms with Crippen molar-refractivity contribution in [2.24, 2.45) is 11.7 Å². The predicted octanol–water partition coefficient (Wildman–Crippen LogP) is 1.71. The molecule has 0 atom stereocenters. The highest BCUT2D eigenvalue weighted by Crippen LogP contribution is 2.31. The summed E-state index contributed by atoms with van der Waals surface area (Å²) >= 11 is 4.88. The van der Waals surface area contributed by atoms with Crippen molar-refractivity contribution >= 4 is 27.2 Å². The average Bonchev–Trinajstić information content (AvgIpc) is 3.12. The van der Waals surface area contributed by atoms with E-state index in [1.54, 1.807) is 19.1 Å². The lowest BCUT2D eigenvalue weighted by Gasteiger charge is -2.10. The molecule has 0 radical (unpaired) electrons. The minimum atomic E-state index is -3.48. The Balaban J connectivity index is 2.17. The van der Waals surface area contributed by atoms with E-state index in [0.717, 1.165) is 6.42 Å². The topological polar surface area (TPSA) is 72.2 Å². The van der Waals surface area contributed by atoms with Gasteiger partial charge in [0.2, 0.25) is 10.0 Å². The molecule has 4 nitrogen and oxygen atoms in total. The molecule has 104 valence electrons. The average molecular weight is 298 g/mol. The highest BCUT2D eigenvalue weighted by Gasteiger charge is 2.23. The Morgan fingerprint density at radius 3 is 2.74 bits per heavy atom. The zero-order valence-electron chi connectivity index (χ0n) is 10.8. The third kappa shape index (κ3) is 3.75. The Hall–Kier alpha value is -0.980. The minimum Gasteiger partial charge on any atom is -0.389 e. The summed E-state index contributed by atoms with van der Waals surface area (Å²) in [5.41, 5.74) is 6.81. The number of hydrogen-bond acceptors (Lipinski definition) is 3. The lowest BCUT2D eigenvalue weighted by Crippen LogP contribution is -2.26. The number of rotatable bonds is 6. The molecule has 0 saturated heterocycles. The van der Waals surface area contributed by atoms with Crippen molar-refractivity contribution in [3.63, 3.8) is 0 Å². The monoisotopic (exact) mass is 298 g/mol. The smallest absolute Gasteiger partial charge is 0.240 e. The highest BCUT2D eigenvalue weighted by molar-refractivity contribution is 7.89. The number of benzene rings is 1. The first kappa shape index (κ1) is 14.4. The van der Waals surface area contributed by atoms with Crippen LogP contribution in [0.1, 0.15) is 30.4 Å². The molecule has 1 saturated carbocycles. The molecule has 1 aliphatic rings. The van der Waals surface area contributed by atoms with Gasteiger partial charge in [-0.05, 0) is 30.9 Å². The van der Waals surface area contributed by atoms with Crippen LogP contribution in [0.25, 0.3) is 0 Å². The molecule has 0 amide bonds. The van der Waals surface area contributed by atoms with Crippen LogP contribution in [0.2, 0.25) is 0 Å². The SMILES string of the molecule is Cc1ccc(C(N)=S)cc1S(=O)(=O)NCCC1CC1. The van der Waals surface area contributed by atoms with Gasteiger partial charge in [0, 0.05) is 12.1 Å². The van der Waals surface area contributed by atoms with E-state index in [0.29, 0.717) is 23.6 Å². The molecule has 2 rings (SSSR count). The maximum atomic E-state index is 12.2. The van der Waals surface area contributed by atoms with Crippen LogP contribution in [0, 0.1) is 12.8 Å². The van der Waals surface area contributed by atoms with Crippen molar-refractivity contribution in [3.05, 3.63) is 29.3 Å². The Labute approximate surface area is 119 Å². The second kappa shape index (κ2) is 5.56. The molecule has 1 aromatic rings. The summed E-state index contributed by atoms with van der Waals surface area (Å²) < 4.78 is 27.1. The van der Waals surface area contributed by atoms with E-state index in [9.17, 15) is 8.42 Å². The molecule has 0 unspecified atom stereocenters. The van der Waals surface area contributed by atoms with Gasteiger partial charge in [0.05, 0.1) is 4.90 Å². The van der Waals surface area contributed by atoms with E-state index in [4.69, 9.17) is 18.0 Å². The second-order valence-corrected chi connectivity index (χ2v) is 7.15. The molecule has 0 spiro atoms. The van der Waals surface area contributed by atoms with Crippen molar-refractivity contribution in [2.45, 2.75) is 31.1 Å². The summed E-state index contributed by atoms with van der Waals surface area (Å²) in [6, 6.07) is 5.00. The van der Waals surface area contributed by atoms with E-state index < -0.39 is 10.0 Å². The van der Waals surface area contributed by atoms with Crippen molar-refractivity contribution in [1.29, 1.82) is 0 Å². The second-order valence-electron chi connectivity index (χ2n) is 4.97. The van der Waals surface area contributed by atoms with Crippen LogP contribution < -0.4 is 10.5 Å². The number of nitrogens with two attached hydrogens (primary N) is 1. The van der Waals surface area contributed by atoms with Gasteiger partial charge in [0.1, 0.15) is 4.99 Å². The van der Waals surface area contributed by atoms with E-state index in [-0.39, 0.29) is 9.88 Å². The van der Waals surface area contributed by atoms with Gasteiger partial charge in [-0.15, -0.1) is 0 Å². The summed E-state index contributed by atoms with van der Waals surface area (Å²) in [6.45, 7) is 2.25. The molecule has 0 bridgehead atoms. The maximum Gasteiger partial charge on any atom is 0.240 e. The Kier molecular flexibility index (Phi) is 4.23. The molecule has 1 aliphatic carbocycles. The molecule has 6 heteroatoms. The first-order valence-electron chi connectivity index (χ1n) is 6.30. The fourth-order valence-electron chi connectivity index (χ4n) is 1.92. The first-order chi connectivity index (χ1) is 8.90. The van der Waals surface area contributed by atoms with Crippen molar-refractivity contribution < 1.29 is 8.42 Å². The number of aryl methyl sites for hydroxylation is 1. The quantitative estimate of drug-likeness (QED) is 0.784. The van der Waals surface area contributed by atoms with Crippen LogP contribution in [0.4, 0.5) is 0 Å². The summed E-state index contributed by atoms with van der Waals surface area (Å²) in [5, 5.41) is 0. The van der Waals surface area contributed by atoms with Gasteiger partial charge in [0.25, 0.3) is 0 Å². The third-order valence-electron chi connectivity index (χ3n) is 3.30. The lowest BCUT2D eigenvalue weighted by atomic mass is 10.1. The fraction of sp³-hybridized carbons (Fsp3) is 0.462. The van der Waals surface area contributed by atoms with Gasteiger partial charge in [-0.1, -0.05) is 37.2 Å². The highest BCUT2D eigenvalue weighted by atomic mass is 32.2. The van der Waals surface area contributed by atoms with Crippen molar-refractivity contribution in [2.75, 3.05) is 6.54 Å². The number of sulfonamides is 1. The van der Waals surface area contributed by atoms with Crippen LogP contribution in [0.15, 0.2) is 23.1 Å². The maximum absolute atomic E-state index is 12.2. The molecule has 3 N–H and O–H groups in total. The zero-order chi connectivity index (χ0) is 14.0. The molecule has 1 aromatic carbocycles. The van der Waals surface area contributed by atoms with Crippen molar-refractivity contribution in [3.8, 4) is 0 Å².